The summed E-state index contributed by atoms with van der Waals surface area (Å²) in [6.07, 6.45) is 2.06. The van der Waals surface area contributed by atoms with Crippen molar-refractivity contribution in [3.8, 4) is 0 Å². The number of aryl methyl sites for hydroxylation is 2. The van der Waals surface area contributed by atoms with Crippen molar-refractivity contribution in [2.24, 2.45) is 0 Å². The smallest absolute Gasteiger partial charge is 0.239 e. The minimum atomic E-state index is -3.41. The standard InChI is InChI=1S/C14H19NO3S/c1-4-9-19(17,18)10-13(16)15-14-11(3)7-6-8-12(14)5-2/h4,6-8H,1,5,9-10H2,2-3H3,(H,15,16). The second-order valence-electron chi connectivity index (χ2n) is 4.35. The van der Waals surface area contributed by atoms with Crippen LogP contribution < -0.4 is 5.32 Å². The first-order chi connectivity index (χ1) is 8.89. The highest BCUT2D eigenvalue weighted by molar-refractivity contribution is 7.92. The zero-order valence-corrected chi connectivity index (χ0v) is 12.1. The molecule has 0 atom stereocenters. The molecule has 1 aromatic rings. The van der Waals surface area contributed by atoms with Gasteiger partial charge in [-0.15, -0.1) is 6.58 Å². The predicted molar refractivity (Wildman–Crippen MR) is 78.0 cm³/mol. The number of carbonyl (C=O) groups excluding carboxylic acids is 1. The molecule has 0 radical (unpaired) electrons. The van der Waals surface area contributed by atoms with Crippen molar-refractivity contribution >= 4 is 21.4 Å². The van der Waals surface area contributed by atoms with Crippen LogP contribution in [0.2, 0.25) is 0 Å². The number of benzene rings is 1. The van der Waals surface area contributed by atoms with Crippen LogP contribution in [-0.4, -0.2) is 25.8 Å². The first-order valence-corrected chi connectivity index (χ1v) is 7.91. The number of hydrogen-bond acceptors (Lipinski definition) is 3. The van der Waals surface area contributed by atoms with E-state index in [9.17, 15) is 13.2 Å². The van der Waals surface area contributed by atoms with Gasteiger partial charge in [-0.1, -0.05) is 31.2 Å². The van der Waals surface area contributed by atoms with E-state index in [0.29, 0.717) is 5.69 Å². The molecule has 0 aliphatic rings. The topological polar surface area (TPSA) is 63.2 Å². The molecule has 0 heterocycles. The second kappa shape index (κ2) is 6.52. The van der Waals surface area contributed by atoms with Crippen molar-refractivity contribution in [3.05, 3.63) is 42.0 Å². The summed E-state index contributed by atoms with van der Waals surface area (Å²) in [4.78, 5) is 11.8. The quantitative estimate of drug-likeness (QED) is 0.812. The number of anilines is 1. The highest BCUT2D eigenvalue weighted by atomic mass is 32.2. The van der Waals surface area contributed by atoms with Gasteiger partial charge >= 0.3 is 0 Å². The van der Waals surface area contributed by atoms with E-state index in [1.165, 1.54) is 6.08 Å². The van der Waals surface area contributed by atoms with Gasteiger partial charge in [0.15, 0.2) is 9.84 Å². The Morgan fingerprint density at radius 2 is 2.11 bits per heavy atom. The number of amides is 1. The third-order valence-electron chi connectivity index (χ3n) is 2.73. The van der Waals surface area contributed by atoms with E-state index >= 15 is 0 Å². The lowest BCUT2D eigenvalue weighted by Crippen LogP contribution is -2.25. The lowest BCUT2D eigenvalue weighted by atomic mass is 10.1. The van der Waals surface area contributed by atoms with Crippen LogP contribution in [0.1, 0.15) is 18.1 Å². The summed E-state index contributed by atoms with van der Waals surface area (Å²) in [5.74, 6) is -1.21. The number of hydrogen-bond donors (Lipinski definition) is 1. The Kier molecular flexibility index (Phi) is 5.30. The Hall–Kier alpha value is -1.62. The molecule has 0 spiro atoms. The summed E-state index contributed by atoms with van der Waals surface area (Å²) >= 11 is 0. The monoisotopic (exact) mass is 281 g/mol. The number of carbonyl (C=O) groups is 1. The van der Waals surface area contributed by atoms with Crippen molar-refractivity contribution in [3.63, 3.8) is 0 Å². The van der Waals surface area contributed by atoms with Gasteiger partial charge in [-0.3, -0.25) is 4.79 Å². The van der Waals surface area contributed by atoms with Gasteiger partial charge in [0.2, 0.25) is 5.91 Å². The molecule has 1 rings (SSSR count). The molecule has 19 heavy (non-hydrogen) atoms. The van der Waals surface area contributed by atoms with Crippen LogP contribution in [0.5, 0.6) is 0 Å². The van der Waals surface area contributed by atoms with Gasteiger partial charge < -0.3 is 5.32 Å². The third kappa shape index (κ3) is 4.52. The average Bonchev–Trinajstić information content (AvgIpc) is 2.30. The molecule has 1 aromatic carbocycles. The van der Waals surface area contributed by atoms with Crippen molar-refractivity contribution in [1.29, 1.82) is 0 Å². The summed E-state index contributed by atoms with van der Waals surface area (Å²) in [5, 5.41) is 2.69. The van der Waals surface area contributed by atoms with Crippen LogP contribution in [0.4, 0.5) is 5.69 Å². The second-order valence-corrected chi connectivity index (χ2v) is 6.46. The fourth-order valence-electron chi connectivity index (χ4n) is 1.82. The summed E-state index contributed by atoms with van der Waals surface area (Å²) < 4.78 is 23.1. The molecule has 0 aliphatic heterocycles. The fraction of sp³-hybridized carbons (Fsp3) is 0.357. The molecule has 4 nitrogen and oxygen atoms in total. The largest absolute Gasteiger partial charge is 0.325 e. The minimum absolute atomic E-state index is 0.186. The number of rotatable bonds is 6. The van der Waals surface area contributed by atoms with E-state index in [0.717, 1.165) is 17.5 Å². The maximum Gasteiger partial charge on any atom is 0.239 e. The molecule has 1 N–H and O–H groups in total. The Bertz CT molecular complexity index is 576. The number of para-hydroxylation sites is 1. The van der Waals surface area contributed by atoms with E-state index in [1.807, 2.05) is 32.0 Å². The molecule has 0 saturated heterocycles. The normalized spacial score (nSPS) is 11.1. The summed E-state index contributed by atoms with van der Waals surface area (Å²) in [6, 6.07) is 5.71. The van der Waals surface area contributed by atoms with Gasteiger partial charge in [0, 0.05) is 5.69 Å². The highest BCUT2D eigenvalue weighted by Gasteiger charge is 2.16. The van der Waals surface area contributed by atoms with Crippen molar-refractivity contribution in [2.45, 2.75) is 20.3 Å². The minimum Gasteiger partial charge on any atom is -0.325 e. The fourth-order valence-corrected chi connectivity index (χ4v) is 2.76. The van der Waals surface area contributed by atoms with Gasteiger partial charge in [0.05, 0.1) is 5.75 Å². The summed E-state index contributed by atoms with van der Waals surface area (Å²) in [7, 11) is -3.41. The van der Waals surface area contributed by atoms with Crippen LogP contribution in [-0.2, 0) is 21.1 Å². The van der Waals surface area contributed by atoms with Crippen LogP contribution in [0, 0.1) is 6.92 Å². The molecule has 0 aliphatic carbocycles. The van der Waals surface area contributed by atoms with E-state index in [2.05, 4.69) is 11.9 Å². The molecule has 0 saturated carbocycles. The van der Waals surface area contributed by atoms with E-state index < -0.39 is 21.5 Å². The Morgan fingerprint density at radius 1 is 1.42 bits per heavy atom. The first kappa shape index (κ1) is 15.4. The van der Waals surface area contributed by atoms with Crippen LogP contribution in [0.25, 0.3) is 0 Å². The molecular weight excluding hydrogens is 262 g/mol. The highest BCUT2D eigenvalue weighted by Crippen LogP contribution is 2.21. The molecule has 1 amide bonds. The molecule has 0 fully saturated rings. The maximum atomic E-state index is 11.8. The van der Waals surface area contributed by atoms with Gasteiger partial charge in [-0.2, -0.15) is 0 Å². The number of sulfone groups is 1. The van der Waals surface area contributed by atoms with E-state index in [4.69, 9.17) is 0 Å². The van der Waals surface area contributed by atoms with Crippen molar-refractivity contribution < 1.29 is 13.2 Å². The lowest BCUT2D eigenvalue weighted by molar-refractivity contribution is -0.113. The van der Waals surface area contributed by atoms with Crippen LogP contribution in [0.3, 0.4) is 0 Å². The molecule has 0 unspecified atom stereocenters. The van der Waals surface area contributed by atoms with Gasteiger partial charge in [0.1, 0.15) is 5.75 Å². The van der Waals surface area contributed by atoms with Crippen molar-refractivity contribution in [1.82, 2.24) is 0 Å². The van der Waals surface area contributed by atoms with Gasteiger partial charge in [-0.05, 0) is 24.5 Å². The summed E-state index contributed by atoms with van der Waals surface area (Å²) in [5.41, 5.74) is 2.63. The van der Waals surface area contributed by atoms with Gasteiger partial charge in [0.25, 0.3) is 0 Å². The first-order valence-electron chi connectivity index (χ1n) is 6.09. The van der Waals surface area contributed by atoms with Gasteiger partial charge in [-0.25, -0.2) is 8.42 Å². The molecule has 0 aromatic heterocycles. The average molecular weight is 281 g/mol. The maximum absolute atomic E-state index is 11.8. The van der Waals surface area contributed by atoms with E-state index in [-0.39, 0.29) is 5.75 Å². The Morgan fingerprint density at radius 3 is 2.68 bits per heavy atom. The van der Waals surface area contributed by atoms with E-state index in [1.54, 1.807) is 0 Å². The molecule has 0 bridgehead atoms. The van der Waals surface area contributed by atoms with Crippen molar-refractivity contribution in [2.75, 3.05) is 16.8 Å². The molecular formula is C14H19NO3S. The predicted octanol–water partition coefficient (Wildman–Crippen LogP) is 2.10. The Balaban J connectivity index is 2.86. The zero-order chi connectivity index (χ0) is 14.5. The molecule has 5 heteroatoms. The summed E-state index contributed by atoms with van der Waals surface area (Å²) in [6.45, 7) is 7.23. The third-order valence-corrected chi connectivity index (χ3v) is 4.17. The van der Waals surface area contributed by atoms with Crippen LogP contribution in [0.15, 0.2) is 30.9 Å². The molecule has 104 valence electrons. The Labute approximate surface area is 114 Å². The number of nitrogens with one attached hydrogen (secondary N) is 1. The zero-order valence-electron chi connectivity index (χ0n) is 11.3. The SMILES string of the molecule is C=CCS(=O)(=O)CC(=O)Nc1c(C)cccc1CC. The lowest BCUT2D eigenvalue weighted by Gasteiger charge is -2.12. The van der Waals surface area contributed by atoms with Crippen LogP contribution >= 0.6 is 0 Å².